The van der Waals surface area contributed by atoms with Crippen molar-refractivity contribution in [2.45, 2.75) is 6.61 Å². The van der Waals surface area contributed by atoms with Gasteiger partial charge in [-0.1, -0.05) is 18.2 Å². The summed E-state index contributed by atoms with van der Waals surface area (Å²) in [4.78, 5) is 17.9. The van der Waals surface area contributed by atoms with Gasteiger partial charge in [0.25, 0.3) is 0 Å². The topological polar surface area (TPSA) is 51.5 Å². The van der Waals surface area contributed by atoms with E-state index in [1.165, 1.54) is 6.08 Å². The molecular weight excluding hydrogens is 216 g/mol. The first kappa shape index (κ1) is 11.0. The molecule has 0 unspecified atom stereocenters. The molecule has 2 rings (SSSR count). The number of hydrogen-bond donors (Lipinski definition) is 0. The van der Waals surface area contributed by atoms with Crippen molar-refractivity contribution in [3.63, 3.8) is 0 Å². The van der Waals surface area contributed by atoms with Crippen LogP contribution in [0.5, 0.6) is 5.75 Å². The number of rotatable bonds is 4. The molecule has 84 valence electrons. The van der Waals surface area contributed by atoms with Gasteiger partial charge in [0.1, 0.15) is 18.0 Å². The van der Waals surface area contributed by atoms with E-state index in [4.69, 9.17) is 4.74 Å². The number of nitrogens with zero attached hydrogens (tertiary/aromatic N) is 2. The van der Waals surface area contributed by atoms with Gasteiger partial charge in [0.2, 0.25) is 6.08 Å². The standard InChI is InChI=1S/C13H10N2O2/c16-10-15-12-6-1-2-7-13(12)17-9-11-5-3-4-8-14-11/h1-8H,9H2. The molecule has 1 aromatic carbocycles. The number of aromatic nitrogens is 1. The number of ether oxygens (including phenoxy) is 1. The molecule has 0 radical (unpaired) electrons. The fourth-order valence-electron chi connectivity index (χ4n) is 1.36. The van der Waals surface area contributed by atoms with E-state index in [0.29, 0.717) is 18.0 Å². The molecule has 4 nitrogen and oxygen atoms in total. The number of isocyanates is 1. The van der Waals surface area contributed by atoms with Crippen LogP contribution in [0.1, 0.15) is 5.69 Å². The first-order valence-corrected chi connectivity index (χ1v) is 5.10. The summed E-state index contributed by atoms with van der Waals surface area (Å²) in [6, 6.07) is 12.6. The Bertz CT molecular complexity index is 534. The summed E-state index contributed by atoms with van der Waals surface area (Å²) in [6.45, 7) is 0.340. The van der Waals surface area contributed by atoms with E-state index in [0.717, 1.165) is 5.69 Å². The van der Waals surface area contributed by atoms with Crippen molar-refractivity contribution in [1.29, 1.82) is 0 Å². The molecule has 17 heavy (non-hydrogen) atoms. The second-order valence-corrected chi connectivity index (χ2v) is 3.28. The Kier molecular flexibility index (Phi) is 3.63. The molecule has 1 aromatic heterocycles. The van der Waals surface area contributed by atoms with E-state index in [-0.39, 0.29) is 0 Å². The number of para-hydroxylation sites is 2. The number of pyridine rings is 1. The Hall–Kier alpha value is -2.45. The third-order valence-corrected chi connectivity index (χ3v) is 2.13. The van der Waals surface area contributed by atoms with Crippen molar-refractivity contribution >= 4 is 11.8 Å². The molecule has 2 aromatic rings. The maximum atomic E-state index is 10.2. The summed E-state index contributed by atoms with van der Waals surface area (Å²) >= 11 is 0. The minimum atomic E-state index is 0.340. The number of carbonyl (C=O) groups excluding carboxylic acids is 1. The van der Waals surface area contributed by atoms with Gasteiger partial charge in [-0.15, -0.1) is 0 Å². The zero-order valence-electron chi connectivity index (χ0n) is 9.04. The quantitative estimate of drug-likeness (QED) is 0.594. The smallest absolute Gasteiger partial charge is 0.240 e. The van der Waals surface area contributed by atoms with E-state index in [9.17, 15) is 4.79 Å². The maximum absolute atomic E-state index is 10.2. The van der Waals surface area contributed by atoms with Crippen molar-refractivity contribution in [3.05, 3.63) is 54.4 Å². The second-order valence-electron chi connectivity index (χ2n) is 3.28. The first-order valence-electron chi connectivity index (χ1n) is 5.10. The molecule has 0 aliphatic carbocycles. The highest BCUT2D eigenvalue weighted by Gasteiger charge is 2.02. The van der Waals surface area contributed by atoms with Gasteiger partial charge < -0.3 is 4.74 Å². The molecule has 0 aliphatic heterocycles. The predicted octanol–water partition coefficient (Wildman–Crippen LogP) is 2.63. The van der Waals surface area contributed by atoms with E-state index >= 15 is 0 Å². The van der Waals surface area contributed by atoms with E-state index in [1.54, 1.807) is 24.4 Å². The van der Waals surface area contributed by atoms with Gasteiger partial charge in [0.05, 0.1) is 5.69 Å². The Labute approximate surface area is 98.6 Å². The first-order chi connectivity index (χ1) is 8.40. The predicted molar refractivity (Wildman–Crippen MR) is 62.8 cm³/mol. The molecule has 0 spiro atoms. The third-order valence-electron chi connectivity index (χ3n) is 2.13. The SMILES string of the molecule is O=C=Nc1ccccc1OCc1ccccn1. The van der Waals surface area contributed by atoms with Crippen LogP contribution in [0.15, 0.2) is 53.7 Å². The van der Waals surface area contributed by atoms with Crippen LogP contribution in [0.2, 0.25) is 0 Å². The van der Waals surface area contributed by atoms with Crippen LogP contribution in [0, 0.1) is 0 Å². The average Bonchev–Trinajstić information content (AvgIpc) is 2.39. The molecular formula is C13H10N2O2. The van der Waals surface area contributed by atoms with Crippen molar-refractivity contribution in [2.24, 2.45) is 4.99 Å². The highest BCUT2D eigenvalue weighted by molar-refractivity contribution is 5.57. The number of benzene rings is 1. The van der Waals surface area contributed by atoms with Gasteiger partial charge >= 0.3 is 0 Å². The normalized spacial score (nSPS) is 9.41. The lowest BCUT2D eigenvalue weighted by atomic mass is 10.3. The fraction of sp³-hybridized carbons (Fsp3) is 0.0769. The molecule has 0 saturated carbocycles. The van der Waals surface area contributed by atoms with Crippen molar-refractivity contribution in [3.8, 4) is 5.75 Å². The van der Waals surface area contributed by atoms with E-state index < -0.39 is 0 Å². The molecule has 0 fully saturated rings. The van der Waals surface area contributed by atoms with Crippen LogP contribution in [-0.4, -0.2) is 11.1 Å². The van der Waals surface area contributed by atoms with Crippen LogP contribution in [0.3, 0.4) is 0 Å². The zero-order valence-corrected chi connectivity index (χ0v) is 9.04. The lowest BCUT2D eigenvalue weighted by Gasteiger charge is -2.06. The molecule has 0 bridgehead atoms. The molecule has 0 aliphatic rings. The Morgan fingerprint density at radius 3 is 2.76 bits per heavy atom. The highest BCUT2D eigenvalue weighted by atomic mass is 16.5. The summed E-state index contributed by atoms with van der Waals surface area (Å²) in [5.74, 6) is 0.543. The van der Waals surface area contributed by atoms with Crippen molar-refractivity contribution in [1.82, 2.24) is 4.98 Å². The highest BCUT2D eigenvalue weighted by Crippen LogP contribution is 2.26. The fourth-order valence-corrected chi connectivity index (χ4v) is 1.36. The minimum absolute atomic E-state index is 0.340. The molecule has 0 N–H and O–H groups in total. The Morgan fingerprint density at radius 1 is 1.18 bits per heavy atom. The van der Waals surface area contributed by atoms with Gasteiger partial charge in [0.15, 0.2) is 0 Å². The number of aliphatic imine (C=N–C) groups is 1. The van der Waals surface area contributed by atoms with Crippen LogP contribution in [0.25, 0.3) is 0 Å². The second kappa shape index (κ2) is 5.58. The van der Waals surface area contributed by atoms with Gasteiger partial charge in [0, 0.05) is 6.20 Å². The third kappa shape index (κ3) is 3.00. The summed E-state index contributed by atoms with van der Waals surface area (Å²) in [5.41, 5.74) is 1.29. The van der Waals surface area contributed by atoms with Gasteiger partial charge in [-0.05, 0) is 24.3 Å². The minimum Gasteiger partial charge on any atom is -0.485 e. The van der Waals surface area contributed by atoms with Crippen LogP contribution in [0.4, 0.5) is 5.69 Å². The van der Waals surface area contributed by atoms with Gasteiger partial charge in [-0.2, -0.15) is 4.99 Å². The largest absolute Gasteiger partial charge is 0.485 e. The molecule has 1 heterocycles. The van der Waals surface area contributed by atoms with Crippen LogP contribution >= 0.6 is 0 Å². The summed E-state index contributed by atoms with van der Waals surface area (Å²) in [7, 11) is 0. The zero-order chi connectivity index (χ0) is 11.9. The van der Waals surface area contributed by atoms with E-state index in [1.807, 2.05) is 24.3 Å². The monoisotopic (exact) mass is 226 g/mol. The Morgan fingerprint density at radius 2 is 2.00 bits per heavy atom. The van der Waals surface area contributed by atoms with E-state index in [2.05, 4.69) is 9.98 Å². The molecule has 0 saturated heterocycles. The van der Waals surface area contributed by atoms with Gasteiger partial charge in [-0.25, -0.2) is 4.79 Å². The lowest BCUT2D eigenvalue weighted by molar-refractivity contribution is 0.302. The van der Waals surface area contributed by atoms with Crippen LogP contribution < -0.4 is 4.74 Å². The molecule has 0 amide bonds. The maximum Gasteiger partial charge on any atom is 0.240 e. The lowest BCUT2D eigenvalue weighted by Crippen LogP contribution is -1.97. The number of hydrogen-bond acceptors (Lipinski definition) is 4. The summed E-state index contributed by atoms with van der Waals surface area (Å²) in [5, 5.41) is 0. The molecule has 4 heteroatoms. The molecule has 0 atom stereocenters. The van der Waals surface area contributed by atoms with Gasteiger partial charge in [-0.3, -0.25) is 4.98 Å². The summed E-state index contributed by atoms with van der Waals surface area (Å²) in [6.07, 6.45) is 3.20. The average molecular weight is 226 g/mol. The van der Waals surface area contributed by atoms with Crippen LogP contribution in [-0.2, 0) is 11.4 Å². The Balaban J connectivity index is 2.11. The van der Waals surface area contributed by atoms with Crippen molar-refractivity contribution in [2.75, 3.05) is 0 Å². The van der Waals surface area contributed by atoms with Crippen molar-refractivity contribution < 1.29 is 9.53 Å². The summed E-state index contributed by atoms with van der Waals surface area (Å²) < 4.78 is 5.54.